The van der Waals surface area contributed by atoms with Crippen molar-refractivity contribution in [1.82, 2.24) is 0 Å². The number of hydrogen-bond acceptors (Lipinski definition) is 5. The predicted octanol–water partition coefficient (Wildman–Crippen LogP) is 0.205. The quantitative estimate of drug-likeness (QED) is 0.619. The summed E-state index contributed by atoms with van der Waals surface area (Å²) < 4.78 is 4.88. The Kier molecular flexibility index (Phi) is 3.65. The van der Waals surface area contributed by atoms with Gasteiger partial charge < -0.3 is 20.7 Å². The van der Waals surface area contributed by atoms with Crippen LogP contribution in [0, 0.1) is 0 Å². The Hall–Kier alpha value is -1.59. The number of aromatic hydroxyl groups is 1. The highest BCUT2D eigenvalue weighted by molar-refractivity contribution is 5.79. The van der Waals surface area contributed by atoms with Gasteiger partial charge in [0.05, 0.1) is 19.8 Å². The SMILES string of the molecule is COc1cc(C(N)CO)c(C=O)cc1O. The van der Waals surface area contributed by atoms with Crippen molar-refractivity contribution in [3.63, 3.8) is 0 Å². The molecule has 0 aliphatic heterocycles. The molecule has 5 heteroatoms. The van der Waals surface area contributed by atoms with Gasteiger partial charge in [-0.15, -0.1) is 0 Å². The van der Waals surface area contributed by atoms with Gasteiger partial charge >= 0.3 is 0 Å². The molecule has 1 aromatic rings. The molecule has 0 heterocycles. The number of phenolic OH excluding ortho intramolecular Hbond substituents is 1. The Labute approximate surface area is 87.1 Å². The Balaban J connectivity index is 3.28. The number of ether oxygens (including phenoxy) is 1. The third-order valence-electron chi connectivity index (χ3n) is 2.11. The molecule has 82 valence electrons. The Morgan fingerprint density at radius 3 is 2.73 bits per heavy atom. The van der Waals surface area contributed by atoms with Crippen LogP contribution in [0.1, 0.15) is 22.0 Å². The van der Waals surface area contributed by atoms with Gasteiger partial charge in [0.2, 0.25) is 0 Å². The summed E-state index contributed by atoms with van der Waals surface area (Å²) in [5, 5.41) is 18.3. The van der Waals surface area contributed by atoms with Gasteiger partial charge in [0, 0.05) is 5.56 Å². The number of nitrogens with two attached hydrogens (primary N) is 1. The first-order valence-electron chi connectivity index (χ1n) is 4.36. The predicted molar refractivity (Wildman–Crippen MR) is 54.1 cm³/mol. The Morgan fingerprint density at radius 1 is 1.60 bits per heavy atom. The molecule has 15 heavy (non-hydrogen) atoms. The first-order chi connectivity index (χ1) is 7.13. The maximum atomic E-state index is 10.7. The second kappa shape index (κ2) is 4.77. The smallest absolute Gasteiger partial charge is 0.160 e. The van der Waals surface area contributed by atoms with Crippen LogP contribution in [-0.4, -0.2) is 30.2 Å². The highest BCUT2D eigenvalue weighted by Gasteiger charge is 2.14. The molecule has 1 atom stereocenters. The molecule has 5 nitrogen and oxygen atoms in total. The molecule has 0 saturated heterocycles. The van der Waals surface area contributed by atoms with E-state index >= 15 is 0 Å². The van der Waals surface area contributed by atoms with E-state index in [0.29, 0.717) is 11.8 Å². The fraction of sp³-hybridized carbons (Fsp3) is 0.300. The van der Waals surface area contributed by atoms with Crippen LogP contribution >= 0.6 is 0 Å². The van der Waals surface area contributed by atoms with Crippen LogP contribution < -0.4 is 10.5 Å². The minimum atomic E-state index is -0.667. The Bertz CT molecular complexity index is 365. The van der Waals surface area contributed by atoms with Crippen molar-refractivity contribution in [2.45, 2.75) is 6.04 Å². The minimum Gasteiger partial charge on any atom is -0.504 e. The number of rotatable bonds is 4. The number of carbonyl (C=O) groups excluding carboxylic acids is 1. The average molecular weight is 211 g/mol. The lowest BCUT2D eigenvalue weighted by atomic mass is 10.0. The lowest BCUT2D eigenvalue weighted by molar-refractivity contribution is 0.112. The summed E-state index contributed by atoms with van der Waals surface area (Å²) in [6.07, 6.45) is 0.573. The largest absolute Gasteiger partial charge is 0.504 e. The summed E-state index contributed by atoms with van der Waals surface area (Å²) in [5.74, 6) is 0.0907. The molecule has 0 aliphatic carbocycles. The van der Waals surface area contributed by atoms with Crippen LogP contribution in [-0.2, 0) is 0 Å². The zero-order valence-electron chi connectivity index (χ0n) is 8.30. The molecule has 1 unspecified atom stereocenters. The molecular formula is C10H13NO4. The third-order valence-corrected chi connectivity index (χ3v) is 2.11. The van der Waals surface area contributed by atoms with E-state index in [1.54, 1.807) is 0 Å². The van der Waals surface area contributed by atoms with Crippen molar-refractivity contribution in [3.8, 4) is 11.5 Å². The van der Waals surface area contributed by atoms with Crippen molar-refractivity contribution in [3.05, 3.63) is 23.3 Å². The van der Waals surface area contributed by atoms with Gasteiger partial charge in [-0.05, 0) is 17.7 Å². The van der Waals surface area contributed by atoms with E-state index in [-0.39, 0.29) is 23.7 Å². The topological polar surface area (TPSA) is 92.8 Å². The average Bonchev–Trinajstić information content (AvgIpc) is 2.27. The van der Waals surface area contributed by atoms with Gasteiger partial charge in [-0.2, -0.15) is 0 Å². The van der Waals surface area contributed by atoms with Crippen molar-refractivity contribution >= 4 is 6.29 Å². The van der Waals surface area contributed by atoms with Crippen LogP contribution in [0.4, 0.5) is 0 Å². The second-order valence-corrected chi connectivity index (χ2v) is 3.06. The number of aldehydes is 1. The van der Waals surface area contributed by atoms with Crippen LogP contribution in [0.5, 0.6) is 11.5 Å². The number of carbonyl (C=O) groups is 1. The van der Waals surface area contributed by atoms with E-state index in [9.17, 15) is 9.90 Å². The molecule has 1 rings (SSSR count). The van der Waals surface area contributed by atoms with E-state index in [1.165, 1.54) is 19.2 Å². The summed E-state index contributed by atoms with van der Waals surface area (Å²) in [4.78, 5) is 10.7. The maximum absolute atomic E-state index is 10.7. The normalized spacial score (nSPS) is 12.2. The summed E-state index contributed by atoms with van der Waals surface area (Å²) in [5.41, 5.74) is 6.29. The van der Waals surface area contributed by atoms with Gasteiger partial charge in [0.15, 0.2) is 17.8 Å². The monoisotopic (exact) mass is 211 g/mol. The highest BCUT2D eigenvalue weighted by atomic mass is 16.5. The van der Waals surface area contributed by atoms with Crippen molar-refractivity contribution in [2.24, 2.45) is 5.73 Å². The fourth-order valence-electron chi connectivity index (χ4n) is 1.29. The molecule has 0 aromatic heterocycles. The van der Waals surface area contributed by atoms with Crippen LogP contribution in [0.2, 0.25) is 0 Å². The van der Waals surface area contributed by atoms with E-state index in [0.717, 1.165) is 0 Å². The first kappa shape index (κ1) is 11.5. The number of hydrogen-bond donors (Lipinski definition) is 3. The number of aliphatic hydroxyl groups excluding tert-OH is 1. The molecule has 0 fully saturated rings. The number of benzene rings is 1. The third kappa shape index (κ3) is 2.26. The molecule has 0 saturated carbocycles. The van der Waals surface area contributed by atoms with Crippen LogP contribution in [0.15, 0.2) is 12.1 Å². The molecule has 1 aromatic carbocycles. The maximum Gasteiger partial charge on any atom is 0.160 e. The van der Waals surface area contributed by atoms with E-state index in [4.69, 9.17) is 15.6 Å². The summed E-state index contributed by atoms with van der Waals surface area (Å²) in [7, 11) is 1.39. The van der Waals surface area contributed by atoms with Gasteiger partial charge in [0.1, 0.15) is 0 Å². The van der Waals surface area contributed by atoms with Crippen LogP contribution in [0.25, 0.3) is 0 Å². The minimum absolute atomic E-state index is 0.131. The van der Waals surface area contributed by atoms with E-state index < -0.39 is 6.04 Å². The molecule has 0 amide bonds. The highest BCUT2D eigenvalue weighted by Crippen LogP contribution is 2.30. The van der Waals surface area contributed by atoms with Gasteiger partial charge in [-0.1, -0.05) is 0 Å². The molecule has 4 N–H and O–H groups in total. The van der Waals surface area contributed by atoms with Gasteiger partial charge in [-0.25, -0.2) is 0 Å². The lowest BCUT2D eigenvalue weighted by Gasteiger charge is -2.13. The number of aliphatic hydroxyl groups is 1. The first-order valence-corrected chi connectivity index (χ1v) is 4.36. The molecule has 0 bridgehead atoms. The molecular weight excluding hydrogens is 198 g/mol. The van der Waals surface area contributed by atoms with Gasteiger partial charge in [0.25, 0.3) is 0 Å². The van der Waals surface area contributed by atoms with Crippen molar-refractivity contribution in [1.29, 1.82) is 0 Å². The summed E-state index contributed by atoms with van der Waals surface area (Å²) in [6.45, 7) is -0.283. The summed E-state index contributed by atoms with van der Waals surface area (Å²) >= 11 is 0. The molecule has 0 radical (unpaired) electrons. The fourth-order valence-corrected chi connectivity index (χ4v) is 1.29. The molecule has 0 spiro atoms. The lowest BCUT2D eigenvalue weighted by Crippen LogP contribution is -2.16. The number of methoxy groups -OCH3 is 1. The zero-order chi connectivity index (χ0) is 11.4. The number of phenols is 1. The Morgan fingerprint density at radius 2 is 2.27 bits per heavy atom. The van der Waals surface area contributed by atoms with Crippen molar-refractivity contribution in [2.75, 3.05) is 13.7 Å². The standard InChI is InChI=1S/C10H13NO4/c1-15-10-3-7(8(11)5-13)6(4-12)2-9(10)14/h2-4,8,13-14H,5,11H2,1H3. The summed E-state index contributed by atoms with van der Waals surface area (Å²) in [6, 6.07) is 2.04. The van der Waals surface area contributed by atoms with Crippen molar-refractivity contribution < 1.29 is 19.7 Å². The molecule has 0 aliphatic rings. The van der Waals surface area contributed by atoms with E-state index in [1.807, 2.05) is 0 Å². The van der Waals surface area contributed by atoms with Gasteiger partial charge in [-0.3, -0.25) is 4.79 Å². The van der Waals surface area contributed by atoms with E-state index in [2.05, 4.69) is 0 Å². The van der Waals surface area contributed by atoms with Crippen LogP contribution in [0.3, 0.4) is 0 Å². The zero-order valence-corrected chi connectivity index (χ0v) is 8.30. The second-order valence-electron chi connectivity index (χ2n) is 3.06.